The van der Waals surface area contributed by atoms with Crippen molar-refractivity contribution in [1.82, 2.24) is 15.4 Å². The first-order valence-corrected chi connectivity index (χ1v) is 7.27. The molecule has 1 aromatic carbocycles. The highest BCUT2D eigenvalue weighted by Crippen LogP contribution is 2.17. The summed E-state index contributed by atoms with van der Waals surface area (Å²) in [5, 5.41) is 7.50. The van der Waals surface area contributed by atoms with Crippen LogP contribution in [0.3, 0.4) is 0 Å². The predicted molar refractivity (Wildman–Crippen MR) is 78.2 cm³/mol. The van der Waals surface area contributed by atoms with Gasteiger partial charge in [-0.25, -0.2) is 0 Å². The van der Waals surface area contributed by atoms with E-state index in [1.54, 1.807) is 6.07 Å². The summed E-state index contributed by atoms with van der Waals surface area (Å²) < 4.78 is 10.4. The zero-order valence-electron chi connectivity index (χ0n) is 11.9. The van der Waals surface area contributed by atoms with Crippen LogP contribution in [0.4, 0.5) is 0 Å². The number of hydrogen-bond donors (Lipinski definition) is 1. The number of hydrogen-bond acceptors (Lipinski definition) is 5. The van der Waals surface area contributed by atoms with E-state index < -0.39 is 0 Å². The summed E-state index contributed by atoms with van der Waals surface area (Å²) in [5.41, 5.74) is 0.993. The molecule has 0 unspecified atom stereocenters. The maximum absolute atomic E-state index is 12.1. The van der Waals surface area contributed by atoms with Gasteiger partial charge in [-0.2, -0.15) is 0 Å². The Hall–Kier alpha value is -1.92. The largest absolute Gasteiger partial charge is 0.379 e. The number of para-hydroxylation sites is 1. The monoisotopic (exact) mass is 289 g/mol. The Morgan fingerprint density at radius 1 is 1.29 bits per heavy atom. The van der Waals surface area contributed by atoms with Crippen LogP contribution in [0.15, 0.2) is 28.8 Å². The molecule has 1 amide bonds. The Morgan fingerprint density at radius 3 is 2.95 bits per heavy atom. The standard InChI is InChI=1S/C15H19N3O3/c19-15(14-12-4-1-2-5-13(12)21-17-14)16-6-3-7-18-8-10-20-11-9-18/h1-2,4-5H,3,6-11H2,(H,16,19). The Kier molecular flexibility index (Phi) is 4.47. The van der Waals surface area contributed by atoms with Crippen LogP contribution in [0.25, 0.3) is 11.0 Å². The molecule has 1 N–H and O–H groups in total. The molecule has 2 heterocycles. The van der Waals surface area contributed by atoms with Gasteiger partial charge in [0.1, 0.15) is 0 Å². The SMILES string of the molecule is O=C(NCCCN1CCOCC1)c1noc2ccccc12. The van der Waals surface area contributed by atoms with Crippen LogP contribution < -0.4 is 5.32 Å². The number of ether oxygens (including phenoxy) is 1. The van der Waals surface area contributed by atoms with Gasteiger partial charge in [0.2, 0.25) is 0 Å². The van der Waals surface area contributed by atoms with Gasteiger partial charge in [0, 0.05) is 19.6 Å². The number of aromatic nitrogens is 1. The van der Waals surface area contributed by atoms with Gasteiger partial charge in [-0.3, -0.25) is 9.69 Å². The fraction of sp³-hybridized carbons (Fsp3) is 0.467. The van der Waals surface area contributed by atoms with Crippen molar-refractivity contribution in [3.63, 3.8) is 0 Å². The third-order valence-electron chi connectivity index (χ3n) is 3.63. The third kappa shape index (κ3) is 3.40. The van der Waals surface area contributed by atoms with Crippen LogP contribution in [0, 0.1) is 0 Å². The number of benzene rings is 1. The maximum atomic E-state index is 12.1. The predicted octanol–water partition coefficient (Wildman–Crippen LogP) is 1.28. The number of rotatable bonds is 5. The molecule has 3 rings (SSSR count). The van der Waals surface area contributed by atoms with E-state index in [1.165, 1.54) is 0 Å². The molecule has 112 valence electrons. The summed E-state index contributed by atoms with van der Waals surface area (Å²) in [7, 11) is 0. The lowest BCUT2D eigenvalue weighted by atomic mass is 10.2. The molecule has 2 aromatic rings. The number of nitrogens with one attached hydrogen (secondary N) is 1. The highest BCUT2D eigenvalue weighted by molar-refractivity contribution is 6.03. The maximum Gasteiger partial charge on any atom is 0.274 e. The normalized spacial score (nSPS) is 16.2. The van der Waals surface area contributed by atoms with E-state index in [-0.39, 0.29) is 5.91 Å². The average Bonchev–Trinajstić information content (AvgIpc) is 2.96. The quantitative estimate of drug-likeness (QED) is 0.840. The lowest BCUT2D eigenvalue weighted by Crippen LogP contribution is -2.38. The molecular weight excluding hydrogens is 270 g/mol. The number of carbonyl (C=O) groups is 1. The molecule has 0 atom stereocenters. The molecule has 1 fully saturated rings. The van der Waals surface area contributed by atoms with Crippen molar-refractivity contribution in [2.45, 2.75) is 6.42 Å². The molecule has 21 heavy (non-hydrogen) atoms. The first kappa shape index (κ1) is 14.0. The number of morpholine rings is 1. The fourth-order valence-corrected chi connectivity index (χ4v) is 2.46. The van der Waals surface area contributed by atoms with E-state index in [1.807, 2.05) is 18.2 Å². The first-order chi connectivity index (χ1) is 10.3. The van der Waals surface area contributed by atoms with Crippen LogP contribution >= 0.6 is 0 Å². The van der Waals surface area contributed by atoms with Crippen molar-refractivity contribution in [1.29, 1.82) is 0 Å². The van der Waals surface area contributed by atoms with Crippen LogP contribution in [-0.4, -0.2) is 55.4 Å². The minimum absolute atomic E-state index is 0.179. The summed E-state index contributed by atoms with van der Waals surface area (Å²) in [6.45, 7) is 5.17. The topological polar surface area (TPSA) is 67.6 Å². The average molecular weight is 289 g/mol. The van der Waals surface area contributed by atoms with Crippen molar-refractivity contribution in [3.8, 4) is 0 Å². The van der Waals surface area contributed by atoms with Gasteiger partial charge in [0.05, 0.1) is 18.6 Å². The second kappa shape index (κ2) is 6.69. The summed E-state index contributed by atoms with van der Waals surface area (Å²) in [6.07, 6.45) is 0.918. The number of amides is 1. The molecular formula is C15H19N3O3. The van der Waals surface area contributed by atoms with Crippen molar-refractivity contribution in [2.75, 3.05) is 39.4 Å². The van der Waals surface area contributed by atoms with Crippen molar-refractivity contribution < 1.29 is 14.1 Å². The zero-order chi connectivity index (χ0) is 14.5. The van der Waals surface area contributed by atoms with E-state index in [4.69, 9.17) is 9.26 Å². The van der Waals surface area contributed by atoms with Gasteiger partial charge in [-0.05, 0) is 25.1 Å². The Labute approximate surface area is 123 Å². The lowest BCUT2D eigenvalue weighted by molar-refractivity contribution is 0.0374. The van der Waals surface area contributed by atoms with E-state index in [2.05, 4.69) is 15.4 Å². The highest BCUT2D eigenvalue weighted by atomic mass is 16.5. The van der Waals surface area contributed by atoms with Gasteiger partial charge < -0.3 is 14.6 Å². The minimum atomic E-state index is -0.179. The molecule has 0 bridgehead atoms. The third-order valence-corrected chi connectivity index (χ3v) is 3.63. The smallest absolute Gasteiger partial charge is 0.274 e. The molecule has 6 heteroatoms. The first-order valence-electron chi connectivity index (χ1n) is 7.27. The Bertz CT molecular complexity index is 605. The van der Waals surface area contributed by atoms with Gasteiger partial charge in [-0.1, -0.05) is 17.3 Å². The molecule has 1 aromatic heterocycles. The molecule has 1 aliphatic heterocycles. The van der Waals surface area contributed by atoms with Crippen LogP contribution in [0.5, 0.6) is 0 Å². The zero-order valence-corrected chi connectivity index (χ0v) is 11.9. The van der Waals surface area contributed by atoms with Gasteiger partial charge in [0.25, 0.3) is 5.91 Å². The lowest BCUT2D eigenvalue weighted by Gasteiger charge is -2.26. The highest BCUT2D eigenvalue weighted by Gasteiger charge is 2.15. The van der Waals surface area contributed by atoms with E-state index in [0.29, 0.717) is 17.8 Å². The number of fused-ring (bicyclic) bond motifs is 1. The van der Waals surface area contributed by atoms with Crippen molar-refractivity contribution in [3.05, 3.63) is 30.0 Å². The van der Waals surface area contributed by atoms with Gasteiger partial charge in [-0.15, -0.1) is 0 Å². The summed E-state index contributed by atoms with van der Waals surface area (Å²) >= 11 is 0. The van der Waals surface area contributed by atoms with Crippen LogP contribution in [0.2, 0.25) is 0 Å². The number of nitrogens with zero attached hydrogens (tertiary/aromatic N) is 2. The van der Waals surface area contributed by atoms with Crippen LogP contribution in [0.1, 0.15) is 16.9 Å². The summed E-state index contributed by atoms with van der Waals surface area (Å²) in [6, 6.07) is 7.37. The van der Waals surface area contributed by atoms with E-state index in [0.717, 1.165) is 44.7 Å². The van der Waals surface area contributed by atoms with E-state index >= 15 is 0 Å². The second-order valence-electron chi connectivity index (χ2n) is 5.09. The van der Waals surface area contributed by atoms with E-state index in [9.17, 15) is 4.79 Å². The molecule has 0 spiro atoms. The molecule has 0 radical (unpaired) electrons. The molecule has 0 saturated carbocycles. The fourth-order valence-electron chi connectivity index (χ4n) is 2.46. The summed E-state index contributed by atoms with van der Waals surface area (Å²) in [5.74, 6) is -0.179. The molecule has 0 aliphatic carbocycles. The molecule has 6 nitrogen and oxygen atoms in total. The number of carbonyl (C=O) groups excluding carboxylic acids is 1. The van der Waals surface area contributed by atoms with Crippen molar-refractivity contribution in [2.24, 2.45) is 0 Å². The van der Waals surface area contributed by atoms with Crippen molar-refractivity contribution >= 4 is 16.9 Å². The van der Waals surface area contributed by atoms with Gasteiger partial charge >= 0.3 is 0 Å². The second-order valence-corrected chi connectivity index (χ2v) is 5.09. The Balaban J connectivity index is 1.48. The molecule has 1 aliphatic rings. The minimum Gasteiger partial charge on any atom is -0.379 e. The molecule has 1 saturated heterocycles. The van der Waals surface area contributed by atoms with Gasteiger partial charge in [0.15, 0.2) is 11.3 Å². The van der Waals surface area contributed by atoms with Crippen LogP contribution in [-0.2, 0) is 4.74 Å². The Morgan fingerprint density at radius 2 is 2.10 bits per heavy atom. The summed E-state index contributed by atoms with van der Waals surface area (Å²) in [4.78, 5) is 14.5.